The van der Waals surface area contributed by atoms with E-state index in [1.54, 1.807) is 23.2 Å². The molecule has 2 amide bonds. The lowest BCUT2D eigenvalue weighted by Crippen LogP contribution is -2.49. The number of rotatable bonds is 3. The molecule has 10 heteroatoms. The minimum absolute atomic E-state index is 0.0289. The Morgan fingerprint density at radius 3 is 2.84 bits per heavy atom. The summed E-state index contributed by atoms with van der Waals surface area (Å²) in [6.45, 7) is 0.235. The van der Waals surface area contributed by atoms with Gasteiger partial charge in [-0.15, -0.1) is 11.3 Å². The van der Waals surface area contributed by atoms with Gasteiger partial charge in [-0.3, -0.25) is 9.59 Å². The number of amides is 2. The normalized spacial score (nSPS) is 16.7. The van der Waals surface area contributed by atoms with Crippen molar-refractivity contribution >= 4 is 33.2 Å². The SMILES string of the molecule is Cn1ccsc1=NC(=O)c1cccc(S(=O)(=O)N2CCNC(=O)C2)c1. The quantitative estimate of drug-likeness (QED) is 0.807. The fraction of sp³-hybridized carbons (Fsp3) is 0.267. The van der Waals surface area contributed by atoms with Crippen molar-refractivity contribution in [3.05, 3.63) is 46.2 Å². The van der Waals surface area contributed by atoms with E-state index < -0.39 is 15.9 Å². The van der Waals surface area contributed by atoms with Crippen LogP contribution in [-0.2, 0) is 21.9 Å². The number of benzene rings is 1. The lowest BCUT2D eigenvalue weighted by atomic mass is 10.2. The molecule has 132 valence electrons. The van der Waals surface area contributed by atoms with Crippen molar-refractivity contribution in [2.24, 2.45) is 12.0 Å². The van der Waals surface area contributed by atoms with Gasteiger partial charge in [-0.2, -0.15) is 9.30 Å². The summed E-state index contributed by atoms with van der Waals surface area (Å²) in [6.07, 6.45) is 1.78. The summed E-state index contributed by atoms with van der Waals surface area (Å²) in [7, 11) is -2.08. The molecule has 0 atom stereocenters. The predicted molar refractivity (Wildman–Crippen MR) is 91.4 cm³/mol. The first-order chi connectivity index (χ1) is 11.9. The van der Waals surface area contributed by atoms with Gasteiger partial charge >= 0.3 is 0 Å². The Hall–Kier alpha value is -2.30. The van der Waals surface area contributed by atoms with Gasteiger partial charge in [0.15, 0.2) is 4.80 Å². The third-order valence-electron chi connectivity index (χ3n) is 3.68. The highest BCUT2D eigenvalue weighted by molar-refractivity contribution is 7.89. The van der Waals surface area contributed by atoms with Crippen LogP contribution in [0.1, 0.15) is 10.4 Å². The Morgan fingerprint density at radius 2 is 2.16 bits per heavy atom. The Labute approximate surface area is 148 Å². The molecule has 0 saturated carbocycles. The van der Waals surface area contributed by atoms with Crippen molar-refractivity contribution in [2.75, 3.05) is 19.6 Å². The summed E-state index contributed by atoms with van der Waals surface area (Å²) in [5.41, 5.74) is 0.177. The van der Waals surface area contributed by atoms with Crippen LogP contribution in [0.2, 0.25) is 0 Å². The van der Waals surface area contributed by atoms with Crippen LogP contribution in [0, 0.1) is 0 Å². The Morgan fingerprint density at radius 1 is 1.36 bits per heavy atom. The number of hydrogen-bond acceptors (Lipinski definition) is 5. The van der Waals surface area contributed by atoms with E-state index in [2.05, 4.69) is 10.3 Å². The van der Waals surface area contributed by atoms with Gasteiger partial charge in [0, 0.05) is 37.3 Å². The summed E-state index contributed by atoms with van der Waals surface area (Å²) in [5.74, 6) is -0.867. The van der Waals surface area contributed by atoms with E-state index in [1.807, 2.05) is 0 Å². The third kappa shape index (κ3) is 3.70. The molecule has 0 bridgehead atoms. The van der Waals surface area contributed by atoms with Gasteiger partial charge in [0.05, 0.1) is 11.4 Å². The van der Waals surface area contributed by atoms with Crippen molar-refractivity contribution in [1.29, 1.82) is 0 Å². The van der Waals surface area contributed by atoms with Crippen LogP contribution in [0.25, 0.3) is 0 Å². The van der Waals surface area contributed by atoms with Gasteiger partial charge in [0.25, 0.3) is 5.91 Å². The molecule has 1 fully saturated rings. The molecule has 1 N–H and O–H groups in total. The largest absolute Gasteiger partial charge is 0.354 e. The van der Waals surface area contributed by atoms with E-state index in [4.69, 9.17) is 0 Å². The van der Waals surface area contributed by atoms with Crippen molar-refractivity contribution < 1.29 is 18.0 Å². The number of sulfonamides is 1. The van der Waals surface area contributed by atoms with E-state index in [9.17, 15) is 18.0 Å². The molecule has 1 aromatic heterocycles. The van der Waals surface area contributed by atoms with Crippen LogP contribution in [0.4, 0.5) is 0 Å². The van der Waals surface area contributed by atoms with E-state index >= 15 is 0 Å². The molecule has 25 heavy (non-hydrogen) atoms. The molecular formula is C15H16N4O4S2. The Bertz CT molecular complexity index is 991. The zero-order valence-electron chi connectivity index (χ0n) is 13.4. The minimum Gasteiger partial charge on any atom is -0.354 e. The van der Waals surface area contributed by atoms with Crippen molar-refractivity contribution in [3.63, 3.8) is 0 Å². The number of carbonyl (C=O) groups is 2. The molecular weight excluding hydrogens is 364 g/mol. The van der Waals surface area contributed by atoms with Crippen LogP contribution in [0.15, 0.2) is 45.7 Å². The van der Waals surface area contributed by atoms with Gasteiger partial charge in [0.1, 0.15) is 0 Å². The van der Waals surface area contributed by atoms with E-state index in [-0.39, 0.29) is 36.0 Å². The number of hydrogen-bond donors (Lipinski definition) is 1. The molecule has 1 saturated heterocycles. The molecule has 1 aliphatic rings. The van der Waals surface area contributed by atoms with Crippen LogP contribution in [0.3, 0.4) is 0 Å². The van der Waals surface area contributed by atoms with E-state index in [0.29, 0.717) is 4.80 Å². The molecule has 0 spiro atoms. The van der Waals surface area contributed by atoms with E-state index in [1.165, 1.54) is 35.6 Å². The van der Waals surface area contributed by atoms with Crippen LogP contribution >= 0.6 is 11.3 Å². The smallest absolute Gasteiger partial charge is 0.279 e. The lowest BCUT2D eigenvalue weighted by Gasteiger charge is -2.25. The van der Waals surface area contributed by atoms with Gasteiger partial charge in [-0.1, -0.05) is 6.07 Å². The number of thiazole rings is 1. The van der Waals surface area contributed by atoms with Crippen molar-refractivity contribution in [1.82, 2.24) is 14.2 Å². The van der Waals surface area contributed by atoms with Gasteiger partial charge in [0.2, 0.25) is 15.9 Å². The number of carbonyl (C=O) groups excluding carboxylic acids is 2. The van der Waals surface area contributed by atoms with Crippen molar-refractivity contribution in [3.8, 4) is 0 Å². The average Bonchev–Trinajstić information content (AvgIpc) is 3.00. The second-order valence-corrected chi connectivity index (χ2v) is 8.24. The maximum Gasteiger partial charge on any atom is 0.279 e. The number of nitrogens with zero attached hydrogens (tertiary/aromatic N) is 3. The fourth-order valence-electron chi connectivity index (χ4n) is 2.35. The molecule has 3 rings (SSSR count). The summed E-state index contributed by atoms with van der Waals surface area (Å²) in [5, 5.41) is 4.38. The molecule has 2 aromatic rings. The molecule has 0 unspecified atom stereocenters. The van der Waals surface area contributed by atoms with Crippen LogP contribution in [-0.4, -0.2) is 48.7 Å². The maximum atomic E-state index is 12.7. The number of piperazine rings is 1. The molecule has 1 aliphatic heterocycles. The molecule has 2 heterocycles. The van der Waals surface area contributed by atoms with Crippen LogP contribution in [0.5, 0.6) is 0 Å². The number of aryl methyl sites for hydroxylation is 1. The first-order valence-electron chi connectivity index (χ1n) is 7.44. The summed E-state index contributed by atoms with van der Waals surface area (Å²) in [4.78, 5) is 28.3. The summed E-state index contributed by atoms with van der Waals surface area (Å²) >= 11 is 1.31. The van der Waals surface area contributed by atoms with Crippen molar-refractivity contribution in [2.45, 2.75) is 4.90 Å². The van der Waals surface area contributed by atoms with E-state index in [0.717, 1.165) is 4.31 Å². The Balaban J connectivity index is 1.92. The average molecular weight is 380 g/mol. The topological polar surface area (TPSA) is 101 Å². The number of nitrogens with one attached hydrogen (secondary N) is 1. The van der Waals surface area contributed by atoms with Gasteiger partial charge < -0.3 is 9.88 Å². The maximum absolute atomic E-state index is 12.7. The van der Waals surface area contributed by atoms with Gasteiger partial charge in [-0.25, -0.2) is 8.42 Å². The first-order valence-corrected chi connectivity index (χ1v) is 9.76. The zero-order valence-corrected chi connectivity index (χ0v) is 15.0. The highest BCUT2D eigenvalue weighted by atomic mass is 32.2. The molecule has 0 radical (unpaired) electrons. The minimum atomic E-state index is -3.85. The zero-order chi connectivity index (χ0) is 18.0. The lowest BCUT2D eigenvalue weighted by molar-refractivity contribution is -0.122. The monoisotopic (exact) mass is 380 g/mol. The predicted octanol–water partition coefficient (Wildman–Crippen LogP) is -0.0518. The highest BCUT2D eigenvalue weighted by Gasteiger charge is 2.29. The summed E-state index contributed by atoms with van der Waals surface area (Å²) < 4.78 is 28.2. The highest BCUT2D eigenvalue weighted by Crippen LogP contribution is 2.18. The second-order valence-electron chi connectivity index (χ2n) is 5.43. The Kier molecular flexibility index (Phi) is 4.84. The first kappa shape index (κ1) is 17.5. The van der Waals surface area contributed by atoms with Gasteiger partial charge in [-0.05, 0) is 18.2 Å². The second kappa shape index (κ2) is 6.90. The standard InChI is InChI=1S/C15H16N4O4S2/c1-18-7-8-24-15(18)17-14(21)11-3-2-4-12(9-11)25(22,23)19-6-5-16-13(20)10-19/h2-4,7-9H,5-6,10H2,1H3,(H,16,20). The van der Waals surface area contributed by atoms with Crippen LogP contribution < -0.4 is 10.1 Å². The molecule has 1 aromatic carbocycles. The third-order valence-corrected chi connectivity index (χ3v) is 6.37. The number of aromatic nitrogens is 1. The molecule has 0 aliphatic carbocycles. The fourth-order valence-corrected chi connectivity index (χ4v) is 4.52. The summed E-state index contributed by atoms with van der Waals surface area (Å²) in [6, 6.07) is 5.71. The molecule has 8 nitrogen and oxygen atoms in total.